The fraction of sp³-hybridized carbons (Fsp3) is 0.286. The van der Waals surface area contributed by atoms with Crippen LogP contribution in [-0.2, 0) is 7.05 Å². The summed E-state index contributed by atoms with van der Waals surface area (Å²) >= 11 is 0. The van der Waals surface area contributed by atoms with Crippen molar-refractivity contribution in [3.8, 4) is 17.1 Å². The van der Waals surface area contributed by atoms with Gasteiger partial charge in [0, 0.05) is 0 Å². The lowest BCUT2D eigenvalue weighted by atomic mass is 10.1. The van der Waals surface area contributed by atoms with Gasteiger partial charge in [0.05, 0.1) is 18.8 Å². The van der Waals surface area contributed by atoms with Crippen molar-refractivity contribution < 1.29 is 8.96 Å². The van der Waals surface area contributed by atoms with Gasteiger partial charge in [-0.2, -0.15) is 4.57 Å². The summed E-state index contributed by atoms with van der Waals surface area (Å²) in [6.07, 6.45) is 3.53. The zero-order valence-electron chi connectivity index (χ0n) is 14.9. The number of alkyl halides is 1. The first-order valence-electron chi connectivity index (χ1n) is 8.32. The predicted molar refractivity (Wildman–Crippen MR) is 97.8 cm³/mol. The van der Waals surface area contributed by atoms with Crippen molar-refractivity contribution in [3.63, 3.8) is 0 Å². The van der Waals surface area contributed by atoms with Crippen molar-refractivity contribution in [2.24, 2.45) is 13.0 Å². The number of para-hydroxylation sites is 1. The van der Waals surface area contributed by atoms with Crippen LogP contribution in [0, 0.1) is 5.92 Å². The highest BCUT2D eigenvalue weighted by molar-refractivity contribution is 5.55. The van der Waals surface area contributed by atoms with E-state index in [4.69, 9.17) is 0 Å². The smallest absolute Gasteiger partial charge is 0.248 e. The molecule has 0 N–H and O–H groups in total. The molecule has 0 bridgehead atoms. The second kappa shape index (κ2) is 8.44. The van der Waals surface area contributed by atoms with Gasteiger partial charge in [-0.1, -0.05) is 50.2 Å². The first-order valence-corrected chi connectivity index (χ1v) is 8.32. The zero-order chi connectivity index (χ0) is 17.5. The van der Waals surface area contributed by atoms with E-state index >= 15 is 0 Å². The van der Waals surface area contributed by atoms with E-state index in [1.54, 1.807) is 6.92 Å². The predicted octanol–water partition coefficient (Wildman–Crippen LogP) is 4.97. The normalized spacial score (nSPS) is 11.8. The summed E-state index contributed by atoms with van der Waals surface area (Å²) in [5.74, 6) is 1.37. The van der Waals surface area contributed by atoms with Crippen molar-refractivity contribution in [1.82, 2.24) is 4.57 Å². The number of halogens is 1. The Hall–Kier alpha value is -2.42. The average Bonchev–Trinajstić information content (AvgIpc) is 2.98. The second-order valence-electron chi connectivity index (χ2n) is 6.23. The zero-order valence-corrected chi connectivity index (χ0v) is 14.9. The number of nitrogens with zero attached hydrogens (tertiary/aromatic N) is 2. The highest BCUT2D eigenvalue weighted by Gasteiger charge is 2.17. The summed E-state index contributed by atoms with van der Waals surface area (Å²) in [6, 6.07) is 20.8. The Kier molecular flexibility index (Phi) is 6.30. The molecular formula is C21H26FN2+. The number of aromatic nitrogens is 2. The molecule has 24 heavy (non-hydrogen) atoms. The van der Waals surface area contributed by atoms with Crippen LogP contribution in [0.25, 0.3) is 17.1 Å². The second-order valence-corrected chi connectivity index (χ2v) is 6.23. The van der Waals surface area contributed by atoms with E-state index in [0.29, 0.717) is 0 Å². The maximum Gasteiger partial charge on any atom is 0.293 e. The molecule has 0 saturated heterocycles. The summed E-state index contributed by atoms with van der Waals surface area (Å²) in [7, 11) is 2.07. The van der Waals surface area contributed by atoms with Crippen molar-refractivity contribution in [3.05, 3.63) is 73.1 Å². The molecule has 3 aromatic rings. The van der Waals surface area contributed by atoms with E-state index in [1.165, 1.54) is 17.1 Å². The minimum Gasteiger partial charge on any atom is -0.248 e. The molecule has 0 amide bonds. The summed E-state index contributed by atoms with van der Waals surface area (Å²) < 4.78 is 16.2. The van der Waals surface area contributed by atoms with Gasteiger partial charge in [0.1, 0.15) is 18.1 Å². The van der Waals surface area contributed by atoms with Gasteiger partial charge in [-0.05, 0) is 37.1 Å². The maximum absolute atomic E-state index is 11.8. The molecular weight excluding hydrogens is 299 g/mol. The molecule has 0 aliphatic heterocycles. The van der Waals surface area contributed by atoms with Gasteiger partial charge >= 0.3 is 0 Å². The van der Waals surface area contributed by atoms with E-state index in [2.05, 4.69) is 77.1 Å². The van der Waals surface area contributed by atoms with E-state index in [1.807, 2.05) is 26.0 Å². The van der Waals surface area contributed by atoms with Crippen LogP contribution in [-0.4, -0.2) is 10.7 Å². The third-order valence-electron chi connectivity index (χ3n) is 3.99. The van der Waals surface area contributed by atoms with Crippen LogP contribution in [0.4, 0.5) is 4.39 Å². The van der Waals surface area contributed by atoms with E-state index in [-0.39, 0.29) is 5.92 Å². The number of hydrogen-bond donors (Lipinski definition) is 0. The molecule has 0 radical (unpaired) electrons. The van der Waals surface area contributed by atoms with Gasteiger partial charge in [0.2, 0.25) is 0 Å². The van der Waals surface area contributed by atoms with Gasteiger partial charge in [-0.3, -0.25) is 0 Å². The minimum absolute atomic E-state index is 0.185. The summed E-state index contributed by atoms with van der Waals surface area (Å²) in [6.45, 7) is 5.31. The maximum atomic E-state index is 11.8. The van der Waals surface area contributed by atoms with Crippen molar-refractivity contribution in [1.29, 1.82) is 0 Å². The van der Waals surface area contributed by atoms with Crippen LogP contribution in [0.5, 0.6) is 0 Å². The third-order valence-corrected chi connectivity index (χ3v) is 3.99. The van der Waals surface area contributed by atoms with Crippen molar-refractivity contribution in [2.45, 2.75) is 26.9 Å². The lowest BCUT2D eigenvalue weighted by Gasteiger charge is -2.02. The fourth-order valence-corrected chi connectivity index (χ4v) is 2.20. The highest BCUT2D eigenvalue weighted by atomic mass is 19.1. The molecule has 2 nitrogen and oxygen atoms in total. The van der Waals surface area contributed by atoms with Crippen LogP contribution in [0.15, 0.2) is 73.1 Å². The van der Waals surface area contributed by atoms with E-state index in [9.17, 15) is 4.39 Å². The van der Waals surface area contributed by atoms with Gasteiger partial charge in [0.25, 0.3) is 5.82 Å². The first-order chi connectivity index (χ1) is 11.5. The standard InChI is InChI=1S/C16H15N2.C5H11F/c1-17-12-13-18(15-10-6-3-7-11-15)16(17)14-8-4-2-5-9-14;1-4(2)5(3)6/h2-13H,1H3;4-5H,1-3H3/q+1;. The SMILES string of the molecule is CC(C)C(C)F.C[n+]1ccn(-c2ccccc2)c1-c1ccccc1. The third kappa shape index (κ3) is 4.54. The minimum atomic E-state index is -0.648. The Balaban J connectivity index is 0.000000301. The van der Waals surface area contributed by atoms with Gasteiger partial charge in [-0.25, -0.2) is 8.96 Å². The van der Waals surface area contributed by atoms with Crippen LogP contribution < -0.4 is 4.57 Å². The van der Waals surface area contributed by atoms with Crippen LogP contribution >= 0.6 is 0 Å². The Bertz CT molecular complexity index is 725. The molecule has 1 aromatic heterocycles. The quantitative estimate of drug-likeness (QED) is 0.601. The van der Waals surface area contributed by atoms with Crippen molar-refractivity contribution in [2.75, 3.05) is 0 Å². The summed E-state index contributed by atoms with van der Waals surface area (Å²) in [4.78, 5) is 0. The Labute approximate surface area is 144 Å². The summed E-state index contributed by atoms with van der Waals surface area (Å²) in [5.41, 5.74) is 2.39. The summed E-state index contributed by atoms with van der Waals surface area (Å²) in [5, 5.41) is 0. The van der Waals surface area contributed by atoms with Crippen LogP contribution in [0.2, 0.25) is 0 Å². The molecule has 0 aliphatic carbocycles. The van der Waals surface area contributed by atoms with Gasteiger partial charge in [-0.15, -0.1) is 0 Å². The Morgan fingerprint density at radius 2 is 1.38 bits per heavy atom. The molecule has 1 atom stereocenters. The molecule has 0 spiro atoms. The lowest BCUT2D eigenvalue weighted by molar-refractivity contribution is -0.659. The number of rotatable bonds is 3. The van der Waals surface area contributed by atoms with Crippen LogP contribution in [0.3, 0.4) is 0 Å². The van der Waals surface area contributed by atoms with Crippen molar-refractivity contribution >= 4 is 0 Å². The lowest BCUT2D eigenvalue weighted by Crippen LogP contribution is -2.28. The molecule has 1 unspecified atom stereocenters. The molecule has 0 fully saturated rings. The monoisotopic (exact) mass is 325 g/mol. The van der Waals surface area contributed by atoms with Crippen LogP contribution in [0.1, 0.15) is 20.8 Å². The number of hydrogen-bond acceptors (Lipinski definition) is 0. The molecule has 3 heteroatoms. The van der Waals surface area contributed by atoms with E-state index < -0.39 is 6.17 Å². The van der Waals surface area contributed by atoms with E-state index in [0.717, 1.165) is 0 Å². The first kappa shape index (κ1) is 17.9. The Morgan fingerprint density at radius 3 is 1.88 bits per heavy atom. The molecule has 3 rings (SSSR count). The molecule has 0 aliphatic rings. The molecule has 0 saturated carbocycles. The van der Waals surface area contributed by atoms with Gasteiger partial charge in [0.15, 0.2) is 0 Å². The largest absolute Gasteiger partial charge is 0.293 e. The highest BCUT2D eigenvalue weighted by Crippen LogP contribution is 2.19. The molecule has 2 aromatic carbocycles. The number of imidazole rings is 1. The number of aryl methyl sites for hydroxylation is 1. The average molecular weight is 325 g/mol. The molecule has 1 heterocycles. The number of benzene rings is 2. The Morgan fingerprint density at radius 1 is 0.875 bits per heavy atom. The van der Waals surface area contributed by atoms with Gasteiger partial charge < -0.3 is 0 Å². The topological polar surface area (TPSA) is 8.81 Å². The fourth-order valence-electron chi connectivity index (χ4n) is 2.20. The molecule has 126 valence electrons.